The van der Waals surface area contributed by atoms with Crippen molar-refractivity contribution in [1.82, 2.24) is 4.90 Å². The first-order valence-corrected chi connectivity index (χ1v) is 7.47. The fourth-order valence-corrected chi connectivity index (χ4v) is 2.03. The number of anilines is 1. The van der Waals surface area contributed by atoms with Crippen molar-refractivity contribution in [1.29, 1.82) is 0 Å². The molecule has 1 saturated heterocycles. The van der Waals surface area contributed by atoms with Gasteiger partial charge in [-0.2, -0.15) is 0 Å². The lowest BCUT2D eigenvalue weighted by Crippen LogP contribution is -2.43. The summed E-state index contributed by atoms with van der Waals surface area (Å²) in [6.07, 6.45) is 0. The van der Waals surface area contributed by atoms with E-state index in [9.17, 15) is 4.79 Å². The third-order valence-electron chi connectivity index (χ3n) is 3.25. The van der Waals surface area contributed by atoms with Crippen molar-refractivity contribution >= 4 is 11.6 Å². The zero-order valence-corrected chi connectivity index (χ0v) is 12.8. The minimum Gasteiger partial charge on any atom is -0.493 e. The summed E-state index contributed by atoms with van der Waals surface area (Å²) >= 11 is 0. The van der Waals surface area contributed by atoms with E-state index in [2.05, 4.69) is 19.2 Å². The lowest BCUT2D eigenvalue weighted by Gasteiger charge is -2.27. The highest BCUT2D eigenvalue weighted by molar-refractivity contribution is 5.81. The van der Waals surface area contributed by atoms with Gasteiger partial charge in [0.25, 0.3) is 0 Å². The zero-order valence-electron chi connectivity index (χ0n) is 12.8. The van der Waals surface area contributed by atoms with E-state index in [-0.39, 0.29) is 5.91 Å². The largest absolute Gasteiger partial charge is 0.493 e. The van der Waals surface area contributed by atoms with E-state index in [4.69, 9.17) is 9.47 Å². The average Bonchev–Trinajstić information content (AvgIpc) is 2.52. The molecule has 116 valence electrons. The Bertz CT molecular complexity index is 439. The smallest absolute Gasteiger partial charge is 0.242 e. The molecule has 1 amide bonds. The van der Waals surface area contributed by atoms with Crippen molar-refractivity contribution in [3.8, 4) is 5.75 Å². The molecule has 1 aliphatic heterocycles. The van der Waals surface area contributed by atoms with E-state index in [1.807, 2.05) is 29.2 Å². The topological polar surface area (TPSA) is 50.8 Å². The molecule has 1 heterocycles. The zero-order chi connectivity index (χ0) is 15.1. The molecule has 0 aromatic heterocycles. The van der Waals surface area contributed by atoms with E-state index < -0.39 is 0 Å². The summed E-state index contributed by atoms with van der Waals surface area (Å²) in [5.74, 6) is 1.47. The third-order valence-corrected chi connectivity index (χ3v) is 3.25. The second-order valence-corrected chi connectivity index (χ2v) is 5.58. The Hall–Kier alpha value is -1.75. The monoisotopic (exact) mass is 292 g/mol. The number of carbonyl (C=O) groups excluding carboxylic acids is 1. The summed E-state index contributed by atoms with van der Waals surface area (Å²) in [6, 6.07) is 7.71. The van der Waals surface area contributed by atoms with Crippen molar-refractivity contribution in [3.05, 3.63) is 24.3 Å². The highest BCUT2D eigenvalue weighted by atomic mass is 16.5. The summed E-state index contributed by atoms with van der Waals surface area (Å²) in [5.41, 5.74) is 0.925. The van der Waals surface area contributed by atoms with Crippen LogP contribution in [0.3, 0.4) is 0 Å². The number of ether oxygens (including phenoxy) is 2. The maximum atomic E-state index is 12.0. The summed E-state index contributed by atoms with van der Waals surface area (Å²) in [6.45, 7) is 7.89. The van der Waals surface area contributed by atoms with Crippen molar-refractivity contribution in [2.75, 3.05) is 44.8 Å². The van der Waals surface area contributed by atoms with Crippen LogP contribution >= 0.6 is 0 Å². The Morgan fingerprint density at radius 1 is 1.29 bits per heavy atom. The van der Waals surface area contributed by atoms with E-state index in [0.29, 0.717) is 45.4 Å². The Labute approximate surface area is 126 Å². The summed E-state index contributed by atoms with van der Waals surface area (Å²) in [7, 11) is 0. The highest BCUT2D eigenvalue weighted by Gasteiger charge is 2.16. The van der Waals surface area contributed by atoms with Crippen LogP contribution in [0.1, 0.15) is 13.8 Å². The average molecular weight is 292 g/mol. The fraction of sp³-hybridized carbons (Fsp3) is 0.562. The number of benzene rings is 1. The van der Waals surface area contributed by atoms with Crippen LogP contribution in [0.25, 0.3) is 0 Å². The Balaban J connectivity index is 1.76. The second-order valence-electron chi connectivity index (χ2n) is 5.58. The molecule has 21 heavy (non-hydrogen) atoms. The molecular formula is C16H24N2O3. The van der Waals surface area contributed by atoms with Crippen LogP contribution in [0, 0.1) is 5.92 Å². The lowest BCUT2D eigenvalue weighted by atomic mass is 10.2. The molecule has 5 heteroatoms. The molecule has 0 bridgehead atoms. The minimum atomic E-state index is 0.110. The van der Waals surface area contributed by atoms with Gasteiger partial charge in [-0.15, -0.1) is 0 Å². The molecule has 1 aromatic rings. The van der Waals surface area contributed by atoms with Gasteiger partial charge < -0.3 is 19.7 Å². The van der Waals surface area contributed by atoms with Crippen LogP contribution in [-0.4, -0.2) is 50.3 Å². The van der Waals surface area contributed by atoms with Crippen molar-refractivity contribution in [2.24, 2.45) is 5.92 Å². The first kappa shape index (κ1) is 15.6. The van der Waals surface area contributed by atoms with Gasteiger partial charge in [-0.25, -0.2) is 0 Å². The second kappa shape index (κ2) is 7.88. The number of rotatable bonds is 6. The lowest BCUT2D eigenvalue weighted by molar-refractivity contribution is -0.133. The molecule has 0 radical (unpaired) electrons. The Kier molecular flexibility index (Phi) is 5.87. The van der Waals surface area contributed by atoms with Gasteiger partial charge in [0.2, 0.25) is 5.91 Å². The van der Waals surface area contributed by atoms with Crippen molar-refractivity contribution in [2.45, 2.75) is 13.8 Å². The number of carbonyl (C=O) groups is 1. The van der Waals surface area contributed by atoms with Crippen LogP contribution in [0.5, 0.6) is 5.75 Å². The number of morpholine rings is 1. The molecule has 1 aliphatic rings. The molecule has 0 spiro atoms. The SMILES string of the molecule is CC(C)COc1ccc(NCC(=O)N2CCOCC2)cc1. The van der Waals surface area contributed by atoms with Crippen LogP contribution in [0.2, 0.25) is 0 Å². The molecular weight excluding hydrogens is 268 g/mol. The van der Waals surface area contributed by atoms with Crippen molar-refractivity contribution in [3.63, 3.8) is 0 Å². The maximum Gasteiger partial charge on any atom is 0.242 e. The molecule has 5 nitrogen and oxygen atoms in total. The van der Waals surface area contributed by atoms with Gasteiger partial charge in [0.05, 0.1) is 26.4 Å². The van der Waals surface area contributed by atoms with Crippen molar-refractivity contribution < 1.29 is 14.3 Å². The normalized spacial score (nSPS) is 15.1. The third kappa shape index (κ3) is 5.27. The Morgan fingerprint density at radius 2 is 1.95 bits per heavy atom. The fourth-order valence-electron chi connectivity index (χ4n) is 2.03. The van der Waals surface area contributed by atoms with Gasteiger partial charge in [0, 0.05) is 18.8 Å². The maximum absolute atomic E-state index is 12.0. The van der Waals surface area contributed by atoms with Gasteiger partial charge in [-0.1, -0.05) is 13.8 Å². The molecule has 0 aliphatic carbocycles. The quantitative estimate of drug-likeness (QED) is 0.871. The summed E-state index contributed by atoms with van der Waals surface area (Å²) < 4.78 is 10.9. The molecule has 2 rings (SSSR count). The molecule has 1 N–H and O–H groups in total. The first-order chi connectivity index (χ1) is 10.1. The summed E-state index contributed by atoms with van der Waals surface area (Å²) in [5, 5.41) is 3.15. The number of hydrogen-bond acceptors (Lipinski definition) is 4. The van der Waals surface area contributed by atoms with E-state index in [1.165, 1.54) is 0 Å². The summed E-state index contributed by atoms with van der Waals surface area (Å²) in [4.78, 5) is 13.8. The molecule has 1 aromatic carbocycles. The van der Waals surface area contributed by atoms with Gasteiger partial charge in [0.15, 0.2) is 0 Å². The van der Waals surface area contributed by atoms with E-state index in [0.717, 1.165) is 11.4 Å². The standard InChI is InChI=1S/C16H24N2O3/c1-13(2)12-21-15-5-3-14(4-6-15)17-11-16(19)18-7-9-20-10-8-18/h3-6,13,17H,7-12H2,1-2H3. The first-order valence-electron chi connectivity index (χ1n) is 7.47. The predicted molar refractivity (Wildman–Crippen MR) is 82.7 cm³/mol. The Morgan fingerprint density at radius 3 is 2.57 bits per heavy atom. The van der Waals surface area contributed by atoms with Gasteiger partial charge >= 0.3 is 0 Å². The van der Waals surface area contributed by atoms with Gasteiger partial charge in [-0.3, -0.25) is 4.79 Å². The van der Waals surface area contributed by atoms with Crippen LogP contribution in [0.15, 0.2) is 24.3 Å². The minimum absolute atomic E-state index is 0.110. The number of nitrogens with zero attached hydrogens (tertiary/aromatic N) is 1. The molecule has 0 saturated carbocycles. The molecule has 0 unspecified atom stereocenters. The number of amides is 1. The van der Waals surface area contributed by atoms with Crippen LogP contribution in [0.4, 0.5) is 5.69 Å². The van der Waals surface area contributed by atoms with Crippen LogP contribution < -0.4 is 10.1 Å². The van der Waals surface area contributed by atoms with E-state index in [1.54, 1.807) is 0 Å². The number of hydrogen-bond donors (Lipinski definition) is 1. The van der Waals surface area contributed by atoms with Gasteiger partial charge in [0.1, 0.15) is 5.75 Å². The predicted octanol–water partition coefficient (Wildman–Crippen LogP) is 1.99. The van der Waals surface area contributed by atoms with Gasteiger partial charge in [-0.05, 0) is 30.2 Å². The number of nitrogens with one attached hydrogen (secondary N) is 1. The molecule has 1 fully saturated rings. The van der Waals surface area contributed by atoms with E-state index >= 15 is 0 Å². The van der Waals surface area contributed by atoms with Crippen LogP contribution in [-0.2, 0) is 9.53 Å². The molecule has 0 atom stereocenters. The highest BCUT2D eigenvalue weighted by Crippen LogP contribution is 2.16.